The van der Waals surface area contributed by atoms with E-state index < -0.39 is 0 Å². The van der Waals surface area contributed by atoms with Gasteiger partial charge in [-0.2, -0.15) is 0 Å². The third-order valence-electron chi connectivity index (χ3n) is 2.79. The highest BCUT2D eigenvalue weighted by Crippen LogP contribution is 2.21. The lowest BCUT2D eigenvalue weighted by Gasteiger charge is -2.32. The molecule has 0 aromatic rings. The molecule has 1 unspecified atom stereocenters. The van der Waals surface area contributed by atoms with Gasteiger partial charge in [0.15, 0.2) is 0 Å². The largest absolute Gasteiger partial charge is 0.371 e. The summed E-state index contributed by atoms with van der Waals surface area (Å²) in [4.78, 5) is 2.45. The van der Waals surface area contributed by atoms with Crippen molar-refractivity contribution in [1.29, 1.82) is 0 Å². The smallest absolute Gasteiger partial charge is 0.0469 e. The predicted molar refractivity (Wildman–Crippen MR) is 58.6 cm³/mol. The number of hydrogen-bond donors (Lipinski definition) is 0. The second kappa shape index (κ2) is 4.50. The minimum absolute atomic E-state index is 0.593. The van der Waals surface area contributed by atoms with Gasteiger partial charge in [0, 0.05) is 18.8 Å². The summed E-state index contributed by atoms with van der Waals surface area (Å²) in [6.45, 7) is 10.1. The molecule has 0 saturated heterocycles. The molecule has 1 aliphatic heterocycles. The molecule has 0 radical (unpaired) electrons. The van der Waals surface area contributed by atoms with E-state index in [2.05, 4.69) is 44.9 Å². The Morgan fingerprint density at radius 1 is 1.38 bits per heavy atom. The molecule has 1 heteroatoms. The van der Waals surface area contributed by atoms with Crippen molar-refractivity contribution in [2.45, 2.75) is 46.6 Å². The van der Waals surface area contributed by atoms with Crippen molar-refractivity contribution >= 4 is 0 Å². The highest BCUT2D eigenvalue weighted by molar-refractivity contribution is 5.29. The lowest BCUT2D eigenvalue weighted by atomic mass is 10.0. The van der Waals surface area contributed by atoms with Crippen LogP contribution in [-0.4, -0.2) is 17.5 Å². The van der Waals surface area contributed by atoms with Crippen LogP contribution in [0.15, 0.2) is 23.4 Å². The van der Waals surface area contributed by atoms with E-state index in [1.807, 2.05) is 0 Å². The van der Waals surface area contributed by atoms with Gasteiger partial charge in [-0.15, -0.1) is 0 Å². The lowest BCUT2D eigenvalue weighted by Crippen LogP contribution is -2.32. The van der Waals surface area contributed by atoms with Crippen molar-refractivity contribution in [1.82, 2.24) is 4.90 Å². The molecule has 1 rings (SSSR count). The summed E-state index contributed by atoms with van der Waals surface area (Å²) in [7, 11) is 0. The molecule has 13 heavy (non-hydrogen) atoms. The highest BCUT2D eigenvalue weighted by Gasteiger charge is 2.15. The first-order valence-electron chi connectivity index (χ1n) is 5.33. The number of allylic oxidation sites excluding steroid dienone is 2. The maximum atomic E-state index is 2.45. The van der Waals surface area contributed by atoms with Gasteiger partial charge in [0.2, 0.25) is 0 Å². The van der Waals surface area contributed by atoms with E-state index in [0.717, 1.165) is 6.42 Å². The Hall–Kier alpha value is -0.720. The van der Waals surface area contributed by atoms with Gasteiger partial charge >= 0.3 is 0 Å². The molecule has 0 aromatic heterocycles. The van der Waals surface area contributed by atoms with Gasteiger partial charge in [-0.05, 0) is 32.3 Å². The van der Waals surface area contributed by atoms with Gasteiger partial charge < -0.3 is 4.90 Å². The Morgan fingerprint density at radius 3 is 2.62 bits per heavy atom. The molecule has 0 aromatic carbocycles. The zero-order chi connectivity index (χ0) is 9.84. The molecule has 0 N–H and O–H groups in total. The molecule has 0 saturated carbocycles. The van der Waals surface area contributed by atoms with E-state index in [9.17, 15) is 0 Å². The van der Waals surface area contributed by atoms with E-state index in [-0.39, 0.29) is 0 Å². The minimum atomic E-state index is 0.593. The maximum absolute atomic E-state index is 2.45. The molecular weight excluding hydrogens is 158 g/mol. The van der Waals surface area contributed by atoms with Crippen LogP contribution in [0.25, 0.3) is 0 Å². The first-order valence-corrected chi connectivity index (χ1v) is 5.33. The van der Waals surface area contributed by atoms with Crippen LogP contribution < -0.4 is 0 Å². The van der Waals surface area contributed by atoms with E-state index >= 15 is 0 Å². The van der Waals surface area contributed by atoms with Gasteiger partial charge in [-0.1, -0.05) is 25.5 Å². The summed E-state index contributed by atoms with van der Waals surface area (Å²) in [6.07, 6.45) is 7.02. The molecular formula is C12H21N. The van der Waals surface area contributed by atoms with Crippen molar-refractivity contribution in [3.63, 3.8) is 0 Å². The first-order chi connectivity index (χ1) is 6.19. The molecule has 74 valence electrons. The molecule has 0 bridgehead atoms. The third kappa shape index (κ3) is 2.36. The van der Waals surface area contributed by atoms with Crippen molar-refractivity contribution < 1.29 is 0 Å². The molecule has 0 aliphatic carbocycles. The summed E-state index contributed by atoms with van der Waals surface area (Å²) >= 11 is 0. The SMILES string of the molecule is CCCN1C=C(CC)C=C(C)C1C. The summed E-state index contributed by atoms with van der Waals surface area (Å²) in [5.41, 5.74) is 2.96. The summed E-state index contributed by atoms with van der Waals surface area (Å²) in [5, 5.41) is 0. The minimum Gasteiger partial charge on any atom is -0.371 e. The van der Waals surface area contributed by atoms with Gasteiger partial charge in [0.1, 0.15) is 0 Å². The molecule has 1 atom stereocenters. The Kier molecular flexibility index (Phi) is 3.58. The molecule has 1 aliphatic rings. The van der Waals surface area contributed by atoms with Crippen molar-refractivity contribution in [3.8, 4) is 0 Å². The fraction of sp³-hybridized carbons (Fsp3) is 0.667. The fourth-order valence-electron chi connectivity index (χ4n) is 1.75. The summed E-state index contributed by atoms with van der Waals surface area (Å²) in [5.74, 6) is 0. The van der Waals surface area contributed by atoms with E-state index in [0.29, 0.717) is 6.04 Å². The Labute approximate surface area is 82.1 Å². The first kappa shape index (κ1) is 10.4. The molecule has 1 nitrogen and oxygen atoms in total. The molecule has 0 fully saturated rings. The highest BCUT2D eigenvalue weighted by atomic mass is 15.1. The van der Waals surface area contributed by atoms with Crippen LogP contribution in [0.4, 0.5) is 0 Å². The van der Waals surface area contributed by atoms with Crippen LogP contribution in [0.5, 0.6) is 0 Å². The van der Waals surface area contributed by atoms with Gasteiger partial charge in [0.05, 0.1) is 0 Å². The number of hydrogen-bond acceptors (Lipinski definition) is 1. The maximum Gasteiger partial charge on any atom is 0.0469 e. The van der Waals surface area contributed by atoms with Crippen LogP contribution in [0.3, 0.4) is 0 Å². The third-order valence-corrected chi connectivity index (χ3v) is 2.79. The monoisotopic (exact) mass is 179 g/mol. The van der Waals surface area contributed by atoms with E-state index in [1.54, 1.807) is 0 Å². The van der Waals surface area contributed by atoms with Crippen LogP contribution in [0.1, 0.15) is 40.5 Å². The average molecular weight is 179 g/mol. The molecule has 1 heterocycles. The quantitative estimate of drug-likeness (QED) is 0.642. The normalized spacial score (nSPS) is 22.8. The van der Waals surface area contributed by atoms with Crippen LogP contribution >= 0.6 is 0 Å². The Balaban J connectivity index is 2.75. The van der Waals surface area contributed by atoms with E-state index in [4.69, 9.17) is 0 Å². The zero-order valence-corrected chi connectivity index (χ0v) is 9.30. The van der Waals surface area contributed by atoms with Crippen LogP contribution in [0, 0.1) is 0 Å². The Morgan fingerprint density at radius 2 is 2.08 bits per heavy atom. The van der Waals surface area contributed by atoms with E-state index in [1.165, 1.54) is 24.1 Å². The fourth-order valence-corrected chi connectivity index (χ4v) is 1.75. The standard InChI is InChI=1S/C12H21N/c1-5-7-13-9-12(6-2)8-10(3)11(13)4/h8-9,11H,5-7H2,1-4H3. The Bertz CT molecular complexity index is 225. The number of nitrogens with zero attached hydrogens (tertiary/aromatic N) is 1. The summed E-state index contributed by atoms with van der Waals surface area (Å²) < 4.78 is 0. The second-order valence-electron chi connectivity index (χ2n) is 3.86. The van der Waals surface area contributed by atoms with Gasteiger partial charge in [-0.3, -0.25) is 0 Å². The average Bonchev–Trinajstić information content (AvgIpc) is 2.13. The topological polar surface area (TPSA) is 3.24 Å². The molecule has 0 spiro atoms. The van der Waals surface area contributed by atoms with Gasteiger partial charge in [-0.25, -0.2) is 0 Å². The van der Waals surface area contributed by atoms with Crippen molar-refractivity contribution in [3.05, 3.63) is 23.4 Å². The van der Waals surface area contributed by atoms with Crippen molar-refractivity contribution in [2.75, 3.05) is 6.54 Å². The van der Waals surface area contributed by atoms with Gasteiger partial charge in [0.25, 0.3) is 0 Å². The zero-order valence-electron chi connectivity index (χ0n) is 9.30. The van der Waals surface area contributed by atoms with Crippen molar-refractivity contribution in [2.24, 2.45) is 0 Å². The lowest BCUT2D eigenvalue weighted by molar-refractivity contribution is 0.317. The van der Waals surface area contributed by atoms with Crippen LogP contribution in [0.2, 0.25) is 0 Å². The second-order valence-corrected chi connectivity index (χ2v) is 3.86. The number of rotatable bonds is 3. The summed E-state index contributed by atoms with van der Waals surface area (Å²) in [6, 6.07) is 0.593. The van der Waals surface area contributed by atoms with Crippen LogP contribution in [-0.2, 0) is 0 Å². The predicted octanol–water partition coefficient (Wildman–Crippen LogP) is 3.34. The molecule has 0 amide bonds.